The van der Waals surface area contributed by atoms with Gasteiger partial charge in [0.25, 0.3) is 0 Å². The third-order valence-electron chi connectivity index (χ3n) is 4.80. The van der Waals surface area contributed by atoms with Crippen LogP contribution in [0.25, 0.3) is 0 Å². The average Bonchev–Trinajstić information content (AvgIpc) is 2.75. The van der Waals surface area contributed by atoms with Gasteiger partial charge in [0.05, 0.1) is 0 Å². The van der Waals surface area contributed by atoms with Crippen molar-refractivity contribution in [3.05, 3.63) is 91.0 Å². The Labute approximate surface area is 164 Å². The zero-order chi connectivity index (χ0) is 19.1. The molecule has 0 saturated heterocycles. The molecule has 0 saturated carbocycles. The summed E-state index contributed by atoms with van der Waals surface area (Å²) >= 11 is -3.66. The number of amides is 1. The monoisotopic (exact) mass is 421 g/mol. The summed E-state index contributed by atoms with van der Waals surface area (Å²) in [6, 6.07) is 30.7. The van der Waals surface area contributed by atoms with E-state index in [0.717, 1.165) is 13.2 Å². The second kappa shape index (κ2) is 8.91. The summed E-state index contributed by atoms with van der Waals surface area (Å²) in [5, 5.41) is 0. The summed E-state index contributed by atoms with van der Waals surface area (Å²) in [5.74, 6) is 0. The Hall–Kier alpha value is -2.53. The van der Waals surface area contributed by atoms with Gasteiger partial charge in [-0.15, -0.1) is 0 Å². The molecule has 0 unspecified atom stereocenters. The van der Waals surface area contributed by atoms with Crippen LogP contribution in [0.5, 0.6) is 0 Å². The van der Waals surface area contributed by atoms with Crippen molar-refractivity contribution in [1.29, 1.82) is 0 Å². The Balaban J connectivity index is 2.24. The van der Waals surface area contributed by atoms with Crippen molar-refractivity contribution in [2.24, 2.45) is 0 Å². The molecule has 3 aromatic carbocycles. The van der Waals surface area contributed by atoms with Crippen molar-refractivity contribution >= 4 is 32.9 Å². The minimum atomic E-state index is -3.66. The zero-order valence-electron chi connectivity index (χ0n) is 15.8. The van der Waals surface area contributed by atoms with Crippen LogP contribution < -0.4 is 13.2 Å². The second-order valence-electron chi connectivity index (χ2n) is 6.32. The summed E-state index contributed by atoms with van der Waals surface area (Å²) in [7, 11) is 0. The van der Waals surface area contributed by atoms with Crippen LogP contribution in [0, 0.1) is 0 Å². The molecule has 0 bridgehead atoms. The molecule has 0 aliphatic carbocycles. The van der Waals surface area contributed by atoms with E-state index in [-0.39, 0.29) is 6.09 Å². The molecule has 0 N–H and O–H groups in total. The predicted octanol–water partition coefficient (Wildman–Crippen LogP) is 3.13. The number of nitrogens with zero attached hydrogens (tertiary/aromatic N) is 1. The van der Waals surface area contributed by atoms with Gasteiger partial charge >= 0.3 is 164 Å². The molecule has 0 aliphatic rings. The molecule has 0 heterocycles. The van der Waals surface area contributed by atoms with Gasteiger partial charge in [-0.2, -0.15) is 0 Å². The Kier molecular flexibility index (Phi) is 6.35. The van der Waals surface area contributed by atoms with E-state index in [1.807, 2.05) is 68.4 Å². The maximum absolute atomic E-state index is 13.1. The fourth-order valence-corrected chi connectivity index (χ4v) is 11.2. The average molecular weight is 420 g/mol. The molecule has 0 atom stereocenters. The minimum absolute atomic E-state index is 0.239. The summed E-state index contributed by atoms with van der Waals surface area (Å²) in [6.07, 6.45) is -0.239. The molecule has 27 heavy (non-hydrogen) atoms. The predicted molar refractivity (Wildman–Crippen MR) is 113 cm³/mol. The van der Waals surface area contributed by atoms with Gasteiger partial charge in [-0.1, -0.05) is 0 Å². The molecule has 4 heteroatoms. The van der Waals surface area contributed by atoms with Crippen LogP contribution in [0.3, 0.4) is 0 Å². The summed E-state index contributed by atoms with van der Waals surface area (Å²) in [4.78, 5) is 14.8. The normalized spacial score (nSPS) is 11.0. The SMILES string of the molecule is CCN(CC)C(=O)[O][Ge]([c]1ccccc1)([c]1ccccc1)[c]1ccccc1. The Morgan fingerprint density at radius 2 is 1.04 bits per heavy atom. The van der Waals surface area contributed by atoms with E-state index in [9.17, 15) is 4.79 Å². The van der Waals surface area contributed by atoms with Gasteiger partial charge in [-0.25, -0.2) is 0 Å². The van der Waals surface area contributed by atoms with E-state index in [1.54, 1.807) is 4.90 Å². The molecule has 3 aromatic rings. The fraction of sp³-hybridized carbons (Fsp3) is 0.174. The quantitative estimate of drug-likeness (QED) is 0.574. The van der Waals surface area contributed by atoms with Gasteiger partial charge < -0.3 is 0 Å². The molecule has 3 nitrogen and oxygen atoms in total. The van der Waals surface area contributed by atoms with Crippen molar-refractivity contribution in [3.63, 3.8) is 0 Å². The Bertz CT molecular complexity index is 753. The maximum atomic E-state index is 13.1. The van der Waals surface area contributed by atoms with E-state index in [1.165, 1.54) is 0 Å². The van der Waals surface area contributed by atoms with E-state index in [2.05, 4.69) is 36.4 Å². The van der Waals surface area contributed by atoms with Crippen LogP contribution in [0.15, 0.2) is 91.0 Å². The first-order valence-electron chi connectivity index (χ1n) is 9.36. The molecule has 1 amide bonds. The molecule has 0 radical (unpaired) electrons. The van der Waals surface area contributed by atoms with Crippen LogP contribution in [-0.2, 0) is 3.76 Å². The van der Waals surface area contributed by atoms with Crippen LogP contribution in [0.1, 0.15) is 13.8 Å². The van der Waals surface area contributed by atoms with E-state index in [4.69, 9.17) is 3.76 Å². The summed E-state index contributed by atoms with van der Waals surface area (Å²) in [6.45, 7) is 5.22. The molecule has 0 spiro atoms. The summed E-state index contributed by atoms with van der Waals surface area (Å²) in [5.41, 5.74) is 0. The number of benzene rings is 3. The van der Waals surface area contributed by atoms with Crippen LogP contribution >= 0.6 is 0 Å². The standard InChI is InChI=1S/C23H25GeNO2/c1-3-25(4-2)23(26)27-24(20-14-8-5-9-15-20,21-16-10-6-11-17-21)22-18-12-7-13-19-22/h5-19H,3-4H2,1-2H3. The van der Waals surface area contributed by atoms with Gasteiger partial charge in [0.15, 0.2) is 0 Å². The molecule has 3 rings (SSSR count). The molecule has 0 fully saturated rings. The first-order chi connectivity index (χ1) is 13.2. The Morgan fingerprint density at radius 1 is 0.704 bits per heavy atom. The van der Waals surface area contributed by atoms with Crippen LogP contribution in [0.2, 0.25) is 0 Å². The number of hydrogen-bond acceptors (Lipinski definition) is 2. The third kappa shape index (κ3) is 3.93. The van der Waals surface area contributed by atoms with Gasteiger partial charge in [-0.05, 0) is 0 Å². The summed E-state index contributed by atoms with van der Waals surface area (Å²) < 4.78 is 9.84. The van der Waals surface area contributed by atoms with E-state index in [0.29, 0.717) is 13.1 Å². The first kappa shape index (κ1) is 19.2. The first-order valence-corrected chi connectivity index (χ1v) is 13.4. The molecule has 0 aliphatic heterocycles. The van der Waals surface area contributed by atoms with Gasteiger partial charge in [-0.3, -0.25) is 0 Å². The van der Waals surface area contributed by atoms with Crippen LogP contribution in [0.4, 0.5) is 4.79 Å². The topological polar surface area (TPSA) is 29.5 Å². The molecular formula is C23H25GeNO2. The Morgan fingerprint density at radius 3 is 1.33 bits per heavy atom. The van der Waals surface area contributed by atoms with Crippen molar-refractivity contribution in [2.45, 2.75) is 13.8 Å². The fourth-order valence-electron chi connectivity index (χ4n) is 3.37. The van der Waals surface area contributed by atoms with Crippen LogP contribution in [-0.4, -0.2) is 37.7 Å². The zero-order valence-corrected chi connectivity index (χ0v) is 17.9. The number of rotatable bonds is 6. The molecule has 0 aromatic heterocycles. The van der Waals surface area contributed by atoms with Crippen molar-refractivity contribution in [2.75, 3.05) is 13.1 Å². The van der Waals surface area contributed by atoms with Crippen molar-refractivity contribution in [3.8, 4) is 0 Å². The second-order valence-corrected chi connectivity index (χ2v) is 13.2. The van der Waals surface area contributed by atoms with Crippen molar-refractivity contribution in [1.82, 2.24) is 4.90 Å². The molecular weight excluding hydrogens is 395 g/mol. The van der Waals surface area contributed by atoms with E-state index >= 15 is 0 Å². The van der Waals surface area contributed by atoms with Gasteiger partial charge in [0, 0.05) is 0 Å². The third-order valence-corrected chi connectivity index (χ3v) is 13.0. The number of carbonyl (C=O) groups excluding carboxylic acids is 1. The van der Waals surface area contributed by atoms with Gasteiger partial charge in [0.2, 0.25) is 0 Å². The number of hydrogen-bond donors (Lipinski definition) is 0. The number of carbonyl (C=O) groups is 1. The van der Waals surface area contributed by atoms with E-state index < -0.39 is 13.6 Å². The molecule has 138 valence electrons. The van der Waals surface area contributed by atoms with Crippen molar-refractivity contribution < 1.29 is 8.56 Å². The van der Waals surface area contributed by atoms with Gasteiger partial charge in [0.1, 0.15) is 0 Å².